The molecule has 1 N–H and O–H groups in total. The maximum atomic E-state index is 12.8. The van der Waals surface area contributed by atoms with Crippen LogP contribution in [0.5, 0.6) is 0 Å². The Hall–Kier alpha value is -1.15. The number of halogens is 1. The number of rotatable bonds is 6. The van der Waals surface area contributed by atoms with Crippen molar-refractivity contribution in [2.75, 3.05) is 32.7 Å². The fraction of sp³-hybridized carbons (Fsp3) is 0.696. The first-order valence-electron chi connectivity index (χ1n) is 11.3. The molecule has 0 radical (unpaired) electrons. The lowest BCUT2D eigenvalue weighted by molar-refractivity contribution is -0.126. The van der Waals surface area contributed by atoms with Gasteiger partial charge in [0.1, 0.15) is 0 Å². The number of sulfonamides is 1. The van der Waals surface area contributed by atoms with Crippen LogP contribution in [0.4, 0.5) is 0 Å². The normalized spacial score (nSPS) is 24.8. The molecule has 0 saturated carbocycles. The minimum atomic E-state index is -3.55. The molecule has 0 spiro atoms. The Morgan fingerprint density at radius 2 is 1.65 bits per heavy atom. The highest BCUT2D eigenvalue weighted by Gasteiger charge is 2.35. The predicted octanol–water partition coefficient (Wildman–Crippen LogP) is 3.61. The first kappa shape index (κ1) is 24.5. The van der Waals surface area contributed by atoms with E-state index in [4.69, 9.17) is 11.6 Å². The van der Waals surface area contributed by atoms with E-state index in [-0.39, 0.29) is 22.3 Å². The molecule has 6 nitrogen and oxygen atoms in total. The van der Waals surface area contributed by atoms with E-state index in [0.717, 1.165) is 13.1 Å². The maximum absolute atomic E-state index is 12.8. The third kappa shape index (κ3) is 6.01. The highest BCUT2D eigenvalue weighted by atomic mass is 35.5. The third-order valence-electron chi connectivity index (χ3n) is 6.70. The van der Waals surface area contributed by atoms with Crippen molar-refractivity contribution in [1.82, 2.24) is 14.5 Å². The summed E-state index contributed by atoms with van der Waals surface area (Å²) in [5, 5.41) is 3.65. The Kier molecular flexibility index (Phi) is 7.72. The largest absolute Gasteiger partial charge is 0.354 e. The SMILES string of the molecule is CC1CC(C)CN(C(C)(C)CNC(=O)C2CCN(S(=O)(=O)c3ccc(Cl)cc3)CC2)C1. The highest BCUT2D eigenvalue weighted by Crippen LogP contribution is 2.28. The van der Waals surface area contributed by atoms with Crippen LogP contribution in [0.1, 0.15) is 47.0 Å². The van der Waals surface area contributed by atoms with Gasteiger partial charge in [-0.2, -0.15) is 4.31 Å². The predicted molar refractivity (Wildman–Crippen MR) is 125 cm³/mol. The van der Waals surface area contributed by atoms with Gasteiger partial charge in [-0.1, -0.05) is 25.4 Å². The molecule has 174 valence electrons. The lowest BCUT2D eigenvalue weighted by Crippen LogP contribution is -2.56. The third-order valence-corrected chi connectivity index (χ3v) is 8.86. The molecule has 1 aromatic rings. The molecular formula is C23H36ClN3O3S. The maximum Gasteiger partial charge on any atom is 0.243 e. The van der Waals surface area contributed by atoms with Crippen LogP contribution in [-0.4, -0.2) is 61.8 Å². The molecule has 2 fully saturated rings. The minimum Gasteiger partial charge on any atom is -0.354 e. The van der Waals surface area contributed by atoms with Gasteiger partial charge >= 0.3 is 0 Å². The Morgan fingerprint density at radius 1 is 1.10 bits per heavy atom. The zero-order chi connectivity index (χ0) is 22.8. The Balaban J connectivity index is 1.51. The smallest absolute Gasteiger partial charge is 0.243 e. The van der Waals surface area contributed by atoms with Gasteiger partial charge in [-0.05, 0) is 69.2 Å². The molecule has 0 aliphatic carbocycles. The molecule has 2 aliphatic heterocycles. The van der Waals surface area contributed by atoms with Gasteiger partial charge in [0.25, 0.3) is 0 Å². The van der Waals surface area contributed by atoms with Crippen LogP contribution in [0.2, 0.25) is 5.02 Å². The molecule has 1 amide bonds. The van der Waals surface area contributed by atoms with Gasteiger partial charge < -0.3 is 5.32 Å². The average Bonchev–Trinajstić information content (AvgIpc) is 2.72. The number of carbonyl (C=O) groups excluding carboxylic acids is 1. The quantitative estimate of drug-likeness (QED) is 0.690. The van der Waals surface area contributed by atoms with Crippen LogP contribution in [0, 0.1) is 17.8 Å². The summed E-state index contributed by atoms with van der Waals surface area (Å²) in [6, 6.07) is 6.22. The topological polar surface area (TPSA) is 69.7 Å². The molecule has 2 aliphatic rings. The van der Waals surface area contributed by atoms with Crippen molar-refractivity contribution >= 4 is 27.5 Å². The number of amides is 1. The number of piperidine rings is 2. The molecule has 31 heavy (non-hydrogen) atoms. The average molecular weight is 470 g/mol. The summed E-state index contributed by atoms with van der Waals surface area (Å²) in [5.74, 6) is 1.23. The Bertz CT molecular complexity index is 855. The van der Waals surface area contributed by atoms with Gasteiger partial charge in [0, 0.05) is 49.2 Å². The molecule has 0 aromatic heterocycles. The molecule has 2 heterocycles. The minimum absolute atomic E-state index is 0.0368. The van der Waals surface area contributed by atoms with Crippen LogP contribution >= 0.6 is 11.6 Å². The first-order valence-corrected chi connectivity index (χ1v) is 13.1. The summed E-state index contributed by atoms with van der Waals surface area (Å²) < 4.78 is 27.1. The molecule has 8 heteroatoms. The molecule has 2 saturated heterocycles. The van der Waals surface area contributed by atoms with Crippen molar-refractivity contribution in [1.29, 1.82) is 0 Å². The molecule has 0 bridgehead atoms. The van der Waals surface area contributed by atoms with E-state index in [9.17, 15) is 13.2 Å². The zero-order valence-electron chi connectivity index (χ0n) is 19.1. The summed E-state index contributed by atoms with van der Waals surface area (Å²) in [6.45, 7) is 12.4. The van der Waals surface area contributed by atoms with Crippen LogP contribution in [0.15, 0.2) is 29.2 Å². The zero-order valence-corrected chi connectivity index (χ0v) is 20.7. The van der Waals surface area contributed by atoms with E-state index >= 15 is 0 Å². The number of nitrogens with zero attached hydrogens (tertiary/aromatic N) is 2. The van der Waals surface area contributed by atoms with Crippen LogP contribution < -0.4 is 5.32 Å². The summed E-state index contributed by atoms with van der Waals surface area (Å²) in [7, 11) is -3.55. The van der Waals surface area contributed by atoms with Crippen LogP contribution in [0.3, 0.4) is 0 Å². The van der Waals surface area contributed by atoms with E-state index in [1.807, 2.05) is 0 Å². The van der Waals surface area contributed by atoms with Crippen molar-refractivity contribution in [3.8, 4) is 0 Å². The molecule has 3 rings (SSSR count). The first-order chi connectivity index (χ1) is 14.5. The van der Waals surface area contributed by atoms with Crippen molar-refractivity contribution in [2.45, 2.75) is 57.4 Å². The van der Waals surface area contributed by atoms with E-state index in [1.54, 1.807) is 12.1 Å². The summed E-state index contributed by atoms with van der Waals surface area (Å²) in [5.41, 5.74) is -0.1000. The number of hydrogen-bond donors (Lipinski definition) is 1. The number of hydrogen-bond acceptors (Lipinski definition) is 4. The molecular weight excluding hydrogens is 434 g/mol. The Labute approximate surface area is 192 Å². The van der Waals surface area contributed by atoms with E-state index in [1.165, 1.54) is 22.9 Å². The molecule has 2 atom stereocenters. The second kappa shape index (κ2) is 9.77. The number of benzene rings is 1. The van der Waals surface area contributed by atoms with Gasteiger partial charge in [-0.3, -0.25) is 9.69 Å². The van der Waals surface area contributed by atoms with Crippen molar-refractivity contribution in [3.63, 3.8) is 0 Å². The van der Waals surface area contributed by atoms with Gasteiger partial charge in [0.05, 0.1) is 4.90 Å². The second-order valence-corrected chi connectivity index (χ2v) is 12.4. The second-order valence-electron chi connectivity index (χ2n) is 10.0. The summed E-state index contributed by atoms with van der Waals surface area (Å²) in [4.78, 5) is 15.5. The number of nitrogens with one attached hydrogen (secondary N) is 1. The van der Waals surface area contributed by atoms with E-state index in [2.05, 4.69) is 37.9 Å². The Morgan fingerprint density at radius 3 is 2.19 bits per heavy atom. The molecule has 2 unspecified atom stereocenters. The fourth-order valence-electron chi connectivity index (χ4n) is 4.83. The lowest BCUT2D eigenvalue weighted by Gasteiger charge is -2.45. The summed E-state index contributed by atoms with van der Waals surface area (Å²) >= 11 is 5.87. The number of carbonyl (C=O) groups is 1. The van der Waals surface area contributed by atoms with Crippen molar-refractivity contribution < 1.29 is 13.2 Å². The fourth-order valence-corrected chi connectivity index (χ4v) is 6.43. The van der Waals surface area contributed by atoms with Gasteiger partial charge in [-0.15, -0.1) is 0 Å². The van der Waals surface area contributed by atoms with Gasteiger partial charge in [-0.25, -0.2) is 8.42 Å². The van der Waals surface area contributed by atoms with Crippen molar-refractivity contribution in [3.05, 3.63) is 29.3 Å². The standard InChI is InChI=1S/C23H36ClN3O3S/c1-17-13-18(2)15-26(14-17)23(3,4)16-25-22(28)19-9-11-27(12-10-19)31(29,30)21-7-5-20(24)6-8-21/h5-8,17-19H,9-16H2,1-4H3,(H,25,28). The number of likely N-dealkylation sites (tertiary alicyclic amines) is 1. The van der Waals surface area contributed by atoms with Gasteiger partial charge in [0.15, 0.2) is 0 Å². The van der Waals surface area contributed by atoms with Crippen LogP contribution in [0.25, 0.3) is 0 Å². The summed E-state index contributed by atoms with van der Waals surface area (Å²) in [6.07, 6.45) is 2.34. The van der Waals surface area contributed by atoms with E-state index in [0.29, 0.717) is 49.3 Å². The lowest BCUT2D eigenvalue weighted by atomic mass is 9.88. The highest BCUT2D eigenvalue weighted by molar-refractivity contribution is 7.89. The van der Waals surface area contributed by atoms with E-state index < -0.39 is 10.0 Å². The van der Waals surface area contributed by atoms with Crippen molar-refractivity contribution in [2.24, 2.45) is 17.8 Å². The van der Waals surface area contributed by atoms with Gasteiger partial charge in [0.2, 0.25) is 15.9 Å². The molecule has 1 aromatic carbocycles. The van der Waals surface area contributed by atoms with Crippen LogP contribution in [-0.2, 0) is 14.8 Å². The monoisotopic (exact) mass is 469 g/mol.